The van der Waals surface area contributed by atoms with E-state index in [0.717, 1.165) is 11.3 Å². The number of amides is 1. The molecule has 0 aliphatic rings. The molecule has 0 spiro atoms. The summed E-state index contributed by atoms with van der Waals surface area (Å²) in [5, 5.41) is 7.88. The number of benzene rings is 2. The van der Waals surface area contributed by atoms with Crippen molar-refractivity contribution in [1.82, 2.24) is 9.78 Å². The SMILES string of the molecule is O=C(/C=C/c1cnn(-c2ccccc2)c1)Nc1ccc(Cl)cc1Cl. The molecule has 0 bridgehead atoms. The number of hydrogen-bond donors (Lipinski definition) is 1. The van der Waals surface area contributed by atoms with Gasteiger partial charge in [0, 0.05) is 22.9 Å². The maximum Gasteiger partial charge on any atom is 0.248 e. The highest BCUT2D eigenvalue weighted by atomic mass is 35.5. The molecule has 1 N–H and O–H groups in total. The van der Waals surface area contributed by atoms with Crippen LogP contribution >= 0.6 is 23.2 Å². The van der Waals surface area contributed by atoms with Crippen molar-refractivity contribution in [2.45, 2.75) is 0 Å². The Morgan fingerprint density at radius 3 is 2.67 bits per heavy atom. The second-order valence-electron chi connectivity index (χ2n) is 5.00. The number of nitrogens with one attached hydrogen (secondary N) is 1. The Balaban J connectivity index is 1.67. The number of nitrogens with zero attached hydrogens (tertiary/aromatic N) is 2. The lowest BCUT2D eigenvalue weighted by atomic mass is 10.3. The highest BCUT2D eigenvalue weighted by Gasteiger charge is 2.04. The summed E-state index contributed by atoms with van der Waals surface area (Å²) in [5.41, 5.74) is 2.28. The van der Waals surface area contributed by atoms with E-state index in [1.807, 2.05) is 36.5 Å². The average molecular weight is 358 g/mol. The predicted molar refractivity (Wildman–Crippen MR) is 97.7 cm³/mol. The molecule has 1 aromatic heterocycles. The zero-order valence-corrected chi connectivity index (χ0v) is 14.0. The predicted octanol–water partition coefficient (Wildman–Crippen LogP) is 4.83. The number of aromatic nitrogens is 2. The van der Waals surface area contributed by atoms with Crippen LogP contribution in [0.15, 0.2) is 67.0 Å². The van der Waals surface area contributed by atoms with E-state index in [1.54, 1.807) is 35.2 Å². The first-order valence-corrected chi connectivity index (χ1v) is 7.91. The van der Waals surface area contributed by atoms with Gasteiger partial charge in [0.1, 0.15) is 0 Å². The van der Waals surface area contributed by atoms with Gasteiger partial charge >= 0.3 is 0 Å². The molecular weight excluding hydrogens is 345 g/mol. The van der Waals surface area contributed by atoms with Crippen molar-refractivity contribution >= 4 is 40.9 Å². The van der Waals surface area contributed by atoms with Crippen molar-refractivity contribution in [2.75, 3.05) is 5.32 Å². The molecular formula is C18H13Cl2N3O. The molecule has 3 aromatic rings. The summed E-state index contributed by atoms with van der Waals surface area (Å²) in [4.78, 5) is 12.0. The van der Waals surface area contributed by atoms with Gasteiger partial charge in [0.05, 0.1) is 22.6 Å². The van der Waals surface area contributed by atoms with Gasteiger partial charge in [-0.05, 0) is 36.4 Å². The minimum absolute atomic E-state index is 0.285. The molecule has 1 heterocycles. The number of rotatable bonds is 4. The summed E-state index contributed by atoms with van der Waals surface area (Å²) in [6.07, 6.45) is 6.64. The Labute approximate surface area is 149 Å². The first-order chi connectivity index (χ1) is 11.6. The standard InChI is InChI=1S/C18H13Cl2N3O/c19-14-7-8-17(16(20)10-14)22-18(24)9-6-13-11-21-23(12-13)15-4-2-1-3-5-15/h1-12H,(H,22,24)/b9-6+. The molecule has 6 heteroatoms. The van der Waals surface area contributed by atoms with E-state index < -0.39 is 0 Å². The van der Waals surface area contributed by atoms with Crippen LogP contribution in [-0.4, -0.2) is 15.7 Å². The van der Waals surface area contributed by atoms with E-state index in [-0.39, 0.29) is 5.91 Å². The largest absolute Gasteiger partial charge is 0.321 e. The lowest BCUT2D eigenvalue weighted by Gasteiger charge is -2.04. The van der Waals surface area contributed by atoms with Crippen molar-refractivity contribution in [3.05, 3.63) is 82.6 Å². The number of carbonyl (C=O) groups is 1. The highest BCUT2D eigenvalue weighted by molar-refractivity contribution is 6.36. The Morgan fingerprint density at radius 1 is 1.12 bits per heavy atom. The van der Waals surface area contributed by atoms with Crippen LogP contribution in [0.3, 0.4) is 0 Å². The summed E-state index contributed by atoms with van der Waals surface area (Å²) >= 11 is 11.9. The van der Waals surface area contributed by atoms with Gasteiger partial charge in [0.15, 0.2) is 0 Å². The first kappa shape index (κ1) is 16.3. The number of para-hydroxylation sites is 1. The quantitative estimate of drug-likeness (QED) is 0.679. The average Bonchev–Trinajstić information content (AvgIpc) is 3.05. The van der Waals surface area contributed by atoms with Crippen LogP contribution in [0, 0.1) is 0 Å². The third-order valence-electron chi connectivity index (χ3n) is 3.24. The number of carbonyl (C=O) groups excluding carboxylic acids is 1. The van der Waals surface area contributed by atoms with Crippen molar-refractivity contribution < 1.29 is 4.79 Å². The molecule has 0 radical (unpaired) electrons. The Hall–Kier alpha value is -2.56. The van der Waals surface area contributed by atoms with Crippen molar-refractivity contribution in [2.24, 2.45) is 0 Å². The van der Waals surface area contributed by atoms with Gasteiger partial charge in [0.25, 0.3) is 0 Å². The van der Waals surface area contributed by atoms with Gasteiger partial charge < -0.3 is 5.32 Å². The monoisotopic (exact) mass is 357 g/mol. The molecule has 1 amide bonds. The zero-order chi connectivity index (χ0) is 16.9. The van der Waals surface area contributed by atoms with Gasteiger partial charge in [-0.1, -0.05) is 41.4 Å². The number of hydrogen-bond acceptors (Lipinski definition) is 2. The van der Waals surface area contributed by atoms with Gasteiger partial charge in [-0.3, -0.25) is 4.79 Å². The van der Waals surface area contributed by atoms with Crippen LogP contribution in [0.2, 0.25) is 10.0 Å². The minimum atomic E-state index is -0.285. The second-order valence-corrected chi connectivity index (χ2v) is 5.84. The third-order valence-corrected chi connectivity index (χ3v) is 3.79. The maximum atomic E-state index is 12.0. The molecule has 0 saturated carbocycles. The molecule has 120 valence electrons. The zero-order valence-electron chi connectivity index (χ0n) is 12.5. The van der Waals surface area contributed by atoms with Gasteiger partial charge in [-0.2, -0.15) is 5.10 Å². The summed E-state index contributed by atoms with van der Waals surface area (Å²) in [7, 11) is 0. The van der Waals surface area contributed by atoms with Crippen molar-refractivity contribution in [1.29, 1.82) is 0 Å². The van der Waals surface area contributed by atoms with Crippen LogP contribution in [0.1, 0.15) is 5.56 Å². The summed E-state index contributed by atoms with van der Waals surface area (Å²) in [6.45, 7) is 0. The summed E-state index contributed by atoms with van der Waals surface area (Å²) in [6, 6.07) is 14.6. The van der Waals surface area contributed by atoms with Gasteiger partial charge in [-0.15, -0.1) is 0 Å². The molecule has 24 heavy (non-hydrogen) atoms. The normalized spacial score (nSPS) is 10.9. The van der Waals surface area contributed by atoms with E-state index in [0.29, 0.717) is 15.7 Å². The Morgan fingerprint density at radius 2 is 1.92 bits per heavy atom. The van der Waals surface area contributed by atoms with Crippen molar-refractivity contribution in [3.63, 3.8) is 0 Å². The molecule has 3 rings (SSSR count). The fourth-order valence-corrected chi connectivity index (χ4v) is 2.54. The molecule has 4 nitrogen and oxygen atoms in total. The lowest BCUT2D eigenvalue weighted by molar-refractivity contribution is -0.111. The molecule has 0 fully saturated rings. The van der Waals surface area contributed by atoms with E-state index in [4.69, 9.17) is 23.2 Å². The molecule has 0 unspecified atom stereocenters. The third kappa shape index (κ3) is 4.04. The second kappa shape index (κ2) is 7.34. The first-order valence-electron chi connectivity index (χ1n) is 7.16. The Kier molecular flexibility index (Phi) is 4.99. The smallest absolute Gasteiger partial charge is 0.248 e. The molecule has 0 saturated heterocycles. The van der Waals surface area contributed by atoms with E-state index in [9.17, 15) is 4.79 Å². The van der Waals surface area contributed by atoms with Crippen LogP contribution in [0.25, 0.3) is 11.8 Å². The van der Waals surface area contributed by atoms with Crippen molar-refractivity contribution in [3.8, 4) is 5.69 Å². The van der Waals surface area contributed by atoms with Crippen LogP contribution in [-0.2, 0) is 4.79 Å². The Bertz CT molecular complexity index is 888. The summed E-state index contributed by atoms with van der Waals surface area (Å²) < 4.78 is 1.74. The van der Waals surface area contributed by atoms with Crippen LogP contribution in [0.5, 0.6) is 0 Å². The minimum Gasteiger partial charge on any atom is -0.321 e. The van der Waals surface area contributed by atoms with Gasteiger partial charge in [0.2, 0.25) is 5.91 Å². The van der Waals surface area contributed by atoms with E-state index in [1.165, 1.54) is 6.08 Å². The lowest BCUT2D eigenvalue weighted by Crippen LogP contribution is -2.07. The number of anilines is 1. The van der Waals surface area contributed by atoms with E-state index in [2.05, 4.69) is 10.4 Å². The topological polar surface area (TPSA) is 46.9 Å². The van der Waals surface area contributed by atoms with E-state index >= 15 is 0 Å². The fraction of sp³-hybridized carbons (Fsp3) is 0. The molecule has 0 aliphatic carbocycles. The molecule has 0 atom stereocenters. The fourth-order valence-electron chi connectivity index (χ4n) is 2.08. The van der Waals surface area contributed by atoms with Crippen LogP contribution < -0.4 is 5.32 Å². The van der Waals surface area contributed by atoms with Gasteiger partial charge in [-0.25, -0.2) is 4.68 Å². The molecule has 0 aliphatic heterocycles. The summed E-state index contributed by atoms with van der Waals surface area (Å²) in [5.74, 6) is -0.285. The van der Waals surface area contributed by atoms with Crippen LogP contribution in [0.4, 0.5) is 5.69 Å². The molecule has 2 aromatic carbocycles. The maximum absolute atomic E-state index is 12.0. The number of halogens is 2. The highest BCUT2D eigenvalue weighted by Crippen LogP contribution is 2.25.